The van der Waals surface area contributed by atoms with Gasteiger partial charge in [0.2, 0.25) is 0 Å². The normalized spacial score (nSPS) is 10.7. The summed E-state index contributed by atoms with van der Waals surface area (Å²) in [5, 5.41) is 12.3. The van der Waals surface area contributed by atoms with Crippen molar-refractivity contribution in [3.63, 3.8) is 0 Å². The third-order valence-corrected chi connectivity index (χ3v) is 3.21. The molecule has 0 heterocycles. The van der Waals surface area contributed by atoms with Crippen molar-refractivity contribution in [3.05, 3.63) is 28.8 Å². The maximum absolute atomic E-state index is 11.9. The standard InChI is InChI=1S/C14H21ClN2O2/c1-3-8-17(4-2)9-7-16-14(19)11-5-6-13(18)12(15)10-11/h5-6,10,18H,3-4,7-9H2,1-2H3,(H,16,19). The number of hydrogen-bond donors (Lipinski definition) is 2. The predicted molar refractivity (Wildman–Crippen MR) is 77.9 cm³/mol. The lowest BCUT2D eigenvalue weighted by atomic mass is 10.2. The van der Waals surface area contributed by atoms with E-state index in [1.807, 2.05) is 0 Å². The molecule has 5 heteroatoms. The number of aromatic hydroxyl groups is 1. The van der Waals surface area contributed by atoms with Gasteiger partial charge in [0.1, 0.15) is 5.75 Å². The van der Waals surface area contributed by atoms with Crippen molar-refractivity contribution >= 4 is 17.5 Å². The Bertz CT molecular complexity index is 424. The van der Waals surface area contributed by atoms with E-state index in [-0.39, 0.29) is 16.7 Å². The Morgan fingerprint density at radius 3 is 2.68 bits per heavy atom. The number of nitrogens with zero attached hydrogens (tertiary/aromatic N) is 1. The van der Waals surface area contributed by atoms with E-state index in [0.717, 1.165) is 26.1 Å². The summed E-state index contributed by atoms with van der Waals surface area (Å²) in [6.07, 6.45) is 1.11. The van der Waals surface area contributed by atoms with Crippen molar-refractivity contribution in [1.29, 1.82) is 0 Å². The first-order valence-corrected chi connectivity index (χ1v) is 6.95. The highest BCUT2D eigenvalue weighted by molar-refractivity contribution is 6.32. The molecule has 106 valence electrons. The van der Waals surface area contributed by atoms with Crippen molar-refractivity contribution in [2.24, 2.45) is 0 Å². The summed E-state index contributed by atoms with van der Waals surface area (Å²) in [4.78, 5) is 14.1. The molecule has 0 radical (unpaired) electrons. The van der Waals surface area contributed by atoms with Gasteiger partial charge in [-0.05, 0) is 37.7 Å². The molecule has 19 heavy (non-hydrogen) atoms. The Morgan fingerprint density at radius 2 is 2.11 bits per heavy atom. The molecule has 1 amide bonds. The van der Waals surface area contributed by atoms with Crippen LogP contribution in [0.2, 0.25) is 5.02 Å². The van der Waals surface area contributed by atoms with Crippen molar-refractivity contribution in [1.82, 2.24) is 10.2 Å². The van der Waals surface area contributed by atoms with E-state index < -0.39 is 0 Å². The molecule has 0 bridgehead atoms. The van der Waals surface area contributed by atoms with Crippen molar-refractivity contribution in [2.75, 3.05) is 26.2 Å². The lowest BCUT2D eigenvalue weighted by molar-refractivity contribution is 0.0948. The number of nitrogens with one attached hydrogen (secondary N) is 1. The molecule has 0 saturated heterocycles. The van der Waals surface area contributed by atoms with Crippen molar-refractivity contribution in [2.45, 2.75) is 20.3 Å². The molecule has 4 nitrogen and oxygen atoms in total. The highest BCUT2D eigenvalue weighted by Gasteiger charge is 2.08. The minimum absolute atomic E-state index is 0.0154. The van der Waals surface area contributed by atoms with Crippen LogP contribution in [0.4, 0.5) is 0 Å². The van der Waals surface area contributed by atoms with E-state index >= 15 is 0 Å². The second-order valence-electron chi connectivity index (χ2n) is 4.36. The van der Waals surface area contributed by atoms with Crippen LogP contribution >= 0.6 is 11.6 Å². The molecule has 2 N–H and O–H groups in total. The van der Waals surface area contributed by atoms with Crippen LogP contribution in [0, 0.1) is 0 Å². The van der Waals surface area contributed by atoms with Gasteiger partial charge in [0, 0.05) is 18.7 Å². The molecule has 1 aromatic carbocycles. The number of phenols is 1. The van der Waals surface area contributed by atoms with Gasteiger partial charge in [-0.3, -0.25) is 4.79 Å². The first-order chi connectivity index (χ1) is 9.08. The van der Waals surface area contributed by atoms with Gasteiger partial charge in [0.25, 0.3) is 5.91 Å². The van der Waals surface area contributed by atoms with Gasteiger partial charge in [0.05, 0.1) is 5.02 Å². The number of benzene rings is 1. The van der Waals surface area contributed by atoms with Crippen LogP contribution < -0.4 is 5.32 Å². The highest BCUT2D eigenvalue weighted by Crippen LogP contribution is 2.23. The second kappa shape index (κ2) is 8.02. The number of hydrogen-bond acceptors (Lipinski definition) is 3. The zero-order chi connectivity index (χ0) is 14.3. The molecule has 0 spiro atoms. The molecular formula is C14H21ClN2O2. The lowest BCUT2D eigenvalue weighted by Crippen LogP contribution is -2.35. The fourth-order valence-corrected chi connectivity index (χ4v) is 2.00. The van der Waals surface area contributed by atoms with Crippen LogP contribution in [0.15, 0.2) is 18.2 Å². The third kappa shape index (κ3) is 5.09. The number of likely N-dealkylation sites (N-methyl/N-ethyl adjacent to an activating group) is 1. The fraction of sp³-hybridized carbons (Fsp3) is 0.500. The fourth-order valence-electron chi connectivity index (χ4n) is 1.82. The average Bonchev–Trinajstić information content (AvgIpc) is 2.40. The Hall–Kier alpha value is -1.26. The van der Waals surface area contributed by atoms with E-state index in [2.05, 4.69) is 24.1 Å². The molecule has 0 aliphatic rings. The first kappa shape index (κ1) is 15.8. The summed E-state index contributed by atoms with van der Waals surface area (Å²) < 4.78 is 0. The summed E-state index contributed by atoms with van der Waals surface area (Å²) in [6.45, 7) is 7.70. The van der Waals surface area contributed by atoms with Crippen molar-refractivity contribution < 1.29 is 9.90 Å². The molecule has 0 aromatic heterocycles. The van der Waals surface area contributed by atoms with Crippen LogP contribution in [-0.2, 0) is 0 Å². The van der Waals surface area contributed by atoms with Crippen LogP contribution in [-0.4, -0.2) is 42.1 Å². The van der Waals surface area contributed by atoms with E-state index in [9.17, 15) is 9.90 Å². The summed E-state index contributed by atoms with van der Waals surface area (Å²) in [5.41, 5.74) is 0.460. The minimum Gasteiger partial charge on any atom is -0.506 e. The topological polar surface area (TPSA) is 52.6 Å². The Kier molecular flexibility index (Phi) is 6.67. The molecule has 0 aliphatic carbocycles. The van der Waals surface area contributed by atoms with Gasteiger partial charge in [-0.15, -0.1) is 0 Å². The molecule has 0 unspecified atom stereocenters. The molecule has 1 rings (SSSR count). The number of rotatable bonds is 7. The summed E-state index contributed by atoms with van der Waals surface area (Å²) in [6, 6.07) is 4.45. The van der Waals surface area contributed by atoms with Gasteiger partial charge in [-0.2, -0.15) is 0 Å². The smallest absolute Gasteiger partial charge is 0.251 e. The molecule has 0 atom stereocenters. The maximum atomic E-state index is 11.9. The average molecular weight is 285 g/mol. The van der Waals surface area contributed by atoms with Gasteiger partial charge in [-0.25, -0.2) is 0 Å². The maximum Gasteiger partial charge on any atom is 0.251 e. The second-order valence-corrected chi connectivity index (χ2v) is 4.76. The lowest BCUT2D eigenvalue weighted by Gasteiger charge is -2.19. The SMILES string of the molecule is CCCN(CC)CCNC(=O)c1ccc(O)c(Cl)c1. The van der Waals surface area contributed by atoms with Crippen LogP contribution in [0.1, 0.15) is 30.6 Å². The van der Waals surface area contributed by atoms with Crippen LogP contribution in [0.25, 0.3) is 0 Å². The Balaban J connectivity index is 2.44. The first-order valence-electron chi connectivity index (χ1n) is 6.57. The van der Waals surface area contributed by atoms with Gasteiger partial charge in [0.15, 0.2) is 0 Å². The van der Waals surface area contributed by atoms with E-state index in [4.69, 9.17) is 11.6 Å². The highest BCUT2D eigenvalue weighted by atomic mass is 35.5. The Labute approximate surface area is 119 Å². The van der Waals surface area contributed by atoms with Gasteiger partial charge >= 0.3 is 0 Å². The van der Waals surface area contributed by atoms with E-state index in [0.29, 0.717) is 12.1 Å². The zero-order valence-corrected chi connectivity index (χ0v) is 12.2. The van der Waals surface area contributed by atoms with Crippen molar-refractivity contribution in [3.8, 4) is 5.75 Å². The molecule has 1 aromatic rings. The summed E-state index contributed by atoms with van der Waals surface area (Å²) in [7, 11) is 0. The molecular weight excluding hydrogens is 264 g/mol. The monoisotopic (exact) mass is 284 g/mol. The Morgan fingerprint density at radius 1 is 1.37 bits per heavy atom. The number of carbonyl (C=O) groups is 1. The van der Waals surface area contributed by atoms with E-state index in [1.165, 1.54) is 12.1 Å². The number of phenolic OH excluding ortho intramolecular Hbond substituents is 1. The summed E-state index contributed by atoms with van der Waals surface area (Å²) in [5.74, 6) is -0.187. The third-order valence-electron chi connectivity index (χ3n) is 2.91. The van der Waals surface area contributed by atoms with Crippen LogP contribution in [0.5, 0.6) is 5.75 Å². The molecule has 0 fully saturated rings. The number of carbonyl (C=O) groups excluding carboxylic acids is 1. The molecule has 0 saturated carbocycles. The number of halogens is 1. The quantitative estimate of drug-likeness (QED) is 0.809. The molecule has 0 aliphatic heterocycles. The van der Waals surface area contributed by atoms with Crippen LogP contribution in [0.3, 0.4) is 0 Å². The largest absolute Gasteiger partial charge is 0.506 e. The number of amides is 1. The summed E-state index contributed by atoms with van der Waals surface area (Å²) >= 11 is 5.77. The zero-order valence-electron chi connectivity index (χ0n) is 11.4. The van der Waals surface area contributed by atoms with Gasteiger partial charge < -0.3 is 15.3 Å². The minimum atomic E-state index is -0.172. The predicted octanol–water partition coefficient (Wildman–Crippen LogP) is 2.51. The van der Waals surface area contributed by atoms with Gasteiger partial charge in [-0.1, -0.05) is 25.4 Å². The van der Waals surface area contributed by atoms with E-state index in [1.54, 1.807) is 6.07 Å².